The molecule has 20 heavy (non-hydrogen) atoms. The lowest BCUT2D eigenvalue weighted by molar-refractivity contribution is 0.0364. The minimum absolute atomic E-state index is 0.635. The van der Waals surface area contributed by atoms with Crippen LogP contribution in [0.15, 0.2) is 18.2 Å². The van der Waals surface area contributed by atoms with Crippen molar-refractivity contribution in [2.45, 2.75) is 46.6 Å². The number of rotatable bonds is 8. The first-order valence-corrected chi connectivity index (χ1v) is 7.46. The summed E-state index contributed by atoms with van der Waals surface area (Å²) in [5.41, 5.74) is 1.77. The van der Waals surface area contributed by atoms with Crippen LogP contribution in [0.4, 0.5) is 0 Å². The van der Waals surface area contributed by atoms with E-state index >= 15 is 0 Å². The Labute approximate surface area is 123 Å². The standard InChI is InChI=1S/C17H29NO2/c1-6-18(13-17(4,5)19)10-7-11-20-16-12-14(2)8-9-15(16)3/h8-9,12,19H,6-7,10-11,13H2,1-5H3. The smallest absolute Gasteiger partial charge is 0.122 e. The maximum absolute atomic E-state index is 9.85. The van der Waals surface area contributed by atoms with Gasteiger partial charge in [-0.1, -0.05) is 19.1 Å². The van der Waals surface area contributed by atoms with Gasteiger partial charge in [0.2, 0.25) is 0 Å². The van der Waals surface area contributed by atoms with Gasteiger partial charge in [-0.25, -0.2) is 0 Å². The number of likely N-dealkylation sites (N-methyl/N-ethyl adjacent to an activating group) is 1. The van der Waals surface area contributed by atoms with Crippen LogP contribution in [0.3, 0.4) is 0 Å². The molecular weight excluding hydrogens is 250 g/mol. The zero-order valence-corrected chi connectivity index (χ0v) is 13.6. The molecule has 0 aliphatic heterocycles. The summed E-state index contributed by atoms with van der Waals surface area (Å²) in [6.45, 7) is 13.3. The number of hydrogen-bond donors (Lipinski definition) is 1. The third-order valence-corrected chi connectivity index (χ3v) is 3.28. The van der Waals surface area contributed by atoms with E-state index in [2.05, 4.69) is 43.9 Å². The van der Waals surface area contributed by atoms with Crippen molar-refractivity contribution in [2.75, 3.05) is 26.2 Å². The van der Waals surface area contributed by atoms with E-state index in [1.807, 2.05) is 13.8 Å². The fourth-order valence-corrected chi connectivity index (χ4v) is 2.23. The van der Waals surface area contributed by atoms with Gasteiger partial charge in [-0.3, -0.25) is 0 Å². The van der Waals surface area contributed by atoms with Gasteiger partial charge in [0.15, 0.2) is 0 Å². The molecule has 3 heteroatoms. The molecule has 0 radical (unpaired) electrons. The highest BCUT2D eigenvalue weighted by atomic mass is 16.5. The third kappa shape index (κ3) is 6.40. The van der Waals surface area contributed by atoms with E-state index < -0.39 is 5.60 Å². The van der Waals surface area contributed by atoms with Crippen LogP contribution >= 0.6 is 0 Å². The van der Waals surface area contributed by atoms with Crippen LogP contribution in [0.25, 0.3) is 0 Å². The van der Waals surface area contributed by atoms with Crippen molar-refractivity contribution in [3.8, 4) is 5.75 Å². The predicted octanol–water partition coefficient (Wildman–Crippen LogP) is 3.17. The molecule has 0 saturated heterocycles. The van der Waals surface area contributed by atoms with Crippen LogP contribution in [0, 0.1) is 13.8 Å². The van der Waals surface area contributed by atoms with Crippen molar-refractivity contribution in [2.24, 2.45) is 0 Å². The monoisotopic (exact) mass is 279 g/mol. The average molecular weight is 279 g/mol. The Bertz CT molecular complexity index is 410. The number of ether oxygens (including phenoxy) is 1. The highest BCUT2D eigenvalue weighted by Gasteiger charge is 2.16. The summed E-state index contributed by atoms with van der Waals surface area (Å²) in [5, 5.41) is 9.85. The van der Waals surface area contributed by atoms with E-state index in [9.17, 15) is 5.11 Å². The molecule has 0 spiro atoms. The van der Waals surface area contributed by atoms with Crippen molar-refractivity contribution >= 4 is 0 Å². The van der Waals surface area contributed by atoms with Crippen molar-refractivity contribution in [1.82, 2.24) is 4.90 Å². The van der Waals surface area contributed by atoms with Crippen LogP contribution in [0.1, 0.15) is 38.3 Å². The molecule has 0 atom stereocenters. The molecule has 0 aliphatic carbocycles. The Hall–Kier alpha value is -1.06. The summed E-state index contributed by atoms with van der Waals surface area (Å²) < 4.78 is 5.85. The number of benzene rings is 1. The summed E-state index contributed by atoms with van der Waals surface area (Å²) in [5.74, 6) is 0.982. The number of nitrogens with zero attached hydrogens (tertiary/aromatic N) is 1. The Morgan fingerprint density at radius 1 is 1.25 bits per heavy atom. The van der Waals surface area contributed by atoms with Gasteiger partial charge in [0.1, 0.15) is 5.75 Å². The normalized spacial score (nSPS) is 11.9. The van der Waals surface area contributed by atoms with Gasteiger partial charge < -0.3 is 14.7 Å². The molecule has 0 aliphatic rings. The third-order valence-electron chi connectivity index (χ3n) is 3.28. The molecule has 0 saturated carbocycles. The molecule has 0 unspecified atom stereocenters. The highest BCUT2D eigenvalue weighted by Crippen LogP contribution is 2.19. The summed E-state index contributed by atoms with van der Waals surface area (Å²) in [7, 11) is 0. The average Bonchev–Trinajstić information content (AvgIpc) is 2.35. The molecule has 0 aromatic heterocycles. The highest BCUT2D eigenvalue weighted by molar-refractivity contribution is 5.35. The Kier molecular flexibility index (Phi) is 6.50. The van der Waals surface area contributed by atoms with Gasteiger partial charge in [-0.15, -0.1) is 0 Å². The van der Waals surface area contributed by atoms with E-state index in [0.717, 1.165) is 25.3 Å². The topological polar surface area (TPSA) is 32.7 Å². The second kappa shape index (κ2) is 7.65. The molecule has 114 valence electrons. The zero-order chi connectivity index (χ0) is 15.2. The molecule has 1 aromatic rings. The molecule has 1 rings (SSSR count). The van der Waals surface area contributed by atoms with Gasteiger partial charge in [0, 0.05) is 13.1 Å². The lowest BCUT2D eigenvalue weighted by Gasteiger charge is -2.27. The summed E-state index contributed by atoms with van der Waals surface area (Å²) in [4.78, 5) is 2.26. The quantitative estimate of drug-likeness (QED) is 0.742. The van der Waals surface area contributed by atoms with Crippen LogP contribution in [0.2, 0.25) is 0 Å². The van der Waals surface area contributed by atoms with E-state index in [-0.39, 0.29) is 0 Å². The molecule has 0 bridgehead atoms. The Morgan fingerprint density at radius 3 is 2.55 bits per heavy atom. The van der Waals surface area contributed by atoms with Gasteiger partial charge >= 0.3 is 0 Å². The Balaban J connectivity index is 2.35. The maximum Gasteiger partial charge on any atom is 0.122 e. The second-order valence-electron chi connectivity index (χ2n) is 6.15. The summed E-state index contributed by atoms with van der Waals surface area (Å²) in [6, 6.07) is 6.28. The SMILES string of the molecule is CCN(CCCOc1cc(C)ccc1C)CC(C)(C)O. The minimum atomic E-state index is -0.635. The van der Waals surface area contributed by atoms with Gasteiger partial charge in [0.25, 0.3) is 0 Å². The van der Waals surface area contributed by atoms with Crippen LogP contribution in [-0.4, -0.2) is 41.8 Å². The molecule has 0 fully saturated rings. The summed E-state index contributed by atoms with van der Waals surface area (Å²) >= 11 is 0. The fraction of sp³-hybridized carbons (Fsp3) is 0.647. The molecule has 1 N–H and O–H groups in total. The first-order valence-electron chi connectivity index (χ1n) is 7.46. The van der Waals surface area contributed by atoms with Crippen molar-refractivity contribution in [1.29, 1.82) is 0 Å². The van der Waals surface area contributed by atoms with Crippen LogP contribution in [0.5, 0.6) is 5.75 Å². The van der Waals surface area contributed by atoms with Crippen LogP contribution < -0.4 is 4.74 Å². The molecular formula is C17H29NO2. The fourth-order valence-electron chi connectivity index (χ4n) is 2.23. The number of aryl methyl sites for hydroxylation is 2. The predicted molar refractivity (Wildman–Crippen MR) is 84.4 cm³/mol. The van der Waals surface area contributed by atoms with E-state index in [0.29, 0.717) is 13.2 Å². The molecule has 3 nitrogen and oxygen atoms in total. The summed E-state index contributed by atoms with van der Waals surface area (Å²) in [6.07, 6.45) is 0.970. The largest absolute Gasteiger partial charge is 0.493 e. The first-order chi connectivity index (χ1) is 9.31. The Morgan fingerprint density at radius 2 is 1.95 bits per heavy atom. The van der Waals surface area contributed by atoms with Crippen molar-refractivity contribution in [3.63, 3.8) is 0 Å². The first kappa shape index (κ1) is 17.0. The van der Waals surface area contributed by atoms with Crippen molar-refractivity contribution in [3.05, 3.63) is 29.3 Å². The van der Waals surface area contributed by atoms with E-state index in [1.165, 1.54) is 11.1 Å². The molecule has 0 amide bonds. The minimum Gasteiger partial charge on any atom is -0.493 e. The van der Waals surface area contributed by atoms with Crippen molar-refractivity contribution < 1.29 is 9.84 Å². The second-order valence-corrected chi connectivity index (χ2v) is 6.15. The number of hydrogen-bond acceptors (Lipinski definition) is 3. The van der Waals surface area contributed by atoms with E-state index in [4.69, 9.17) is 4.74 Å². The lowest BCUT2D eigenvalue weighted by Crippen LogP contribution is -2.39. The van der Waals surface area contributed by atoms with Gasteiger partial charge in [0.05, 0.1) is 12.2 Å². The number of aliphatic hydroxyl groups is 1. The van der Waals surface area contributed by atoms with Gasteiger partial charge in [-0.05, 0) is 57.9 Å². The molecule has 1 aromatic carbocycles. The van der Waals surface area contributed by atoms with Crippen LogP contribution in [-0.2, 0) is 0 Å². The lowest BCUT2D eigenvalue weighted by atomic mass is 10.1. The molecule has 0 heterocycles. The maximum atomic E-state index is 9.85. The van der Waals surface area contributed by atoms with E-state index in [1.54, 1.807) is 0 Å². The van der Waals surface area contributed by atoms with Gasteiger partial charge in [-0.2, -0.15) is 0 Å². The zero-order valence-electron chi connectivity index (χ0n) is 13.6.